The topological polar surface area (TPSA) is 18.5 Å². The minimum absolute atomic E-state index is 0.433. The van der Waals surface area contributed by atoms with Crippen molar-refractivity contribution in [3.8, 4) is 0 Å². The lowest BCUT2D eigenvalue weighted by molar-refractivity contribution is 0.128. The summed E-state index contributed by atoms with van der Waals surface area (Å²) in [5, 5.41) is 3.48. The van der Waals surface area contributed by atoms with Gasteiger partial charge in [0.15, 0.2) is 0 Å². The molecule has 1 fully saturated rings. The van der Waals surface area contributed by atoms with E-state index in [4.69, 9.17) is 0 Å². The molecule has 0 saturated carbocycles. The lowest BCUT2D eigenvalue weighted by Crippen LogP contribution is -2.48. The summed E-state index contributed by atoms with van der Waals surface area (Å²) in [5.74, 6) is 0. The molecule has 1 heterocycles. The molecule has 0 radical (unpaired) electrons. The third-order valence-electron chi connectivity index (χ3n) is 4.63. The molecule has 20 heavy (non-hydrogen) atoms. The zero-order valence-corrected chi connectivity index (χ0v) is 13.4. The number of likely N-dealkylation sites (N-methyl/N-ethyl adjacent to an activating group) is 2. The Morgan fingerprint density at radius 1 is 1.05 bits per heavy atom. The molecule has 0 amide bonds. The van der Waals surface area contributed by atoms with Crippen LogP contribution in [0, 0.1) is 13.8 Å². The fourth-order valence-electron chi connectivity index (χ4n) is 2.89. The number of piperazine rings is 1. The Morgan fingerprint density at radius 3 is 2.25 bits per heavy atom. The van der Waals surface area contributed by atoms with Crippen LogP contribution in [0.2, 0.25) is 0 Å². The Morgan fingerprint density at radius 2 is 1.70 bits per heavy atom. The van der Waals surface area contributed by atoms with Crippen molar-refractivity contribution >= 4 is 0 Å². The van der Waals surface area contributed by atoms with Gasteiger partial charge >= 0.3 is 0 Å². The zero-order chi connectivity index (χ0) is 14.5. The van der Waals surface area contributed by atoms with Gasteiger partial charge in [0.05, 0.1) is 0 Å². The lowest BCUT2D eigenvalue weighted by Gasteiger charge is -2.36. The van der Waals surface area contributed by atoms with Crippen LogP contribution in [0.3, 0.4) is 0 Å². The van der Waals surface area contributed by atoms with Crippen molar-refractivity contribution in [3.63, 3.8) is 0 Å². The van der Waals surface area contributed by atoms with Crippen molar-refractivity contribution in [3.05, 3.63) is 34.9 Å². The summed E-state index contributed by atoms with van der Waals surface area (Å²) in [5.41, 5.74) is 4.17. The first kappa shape index (κ1) is 15.5. The van der Waals surface area contributed by atoms with Crippen LogP contribution in [0.1, 0.15) is 29.7 Å². The second-order valence-corrected chi connectivity index (χ2v) is 5.92. The van der Waals surface area contributed by atoms with E-state index in [0.717, 1.165) is 6.54 Å². The third-order valence-corrected chi connectivity index (χ3v) is 4.63. The largest absolute Gasteiger partial charge is 0.312 e. The summed E-state index contributed by atoms with van der Waals surface area (Å²) < 4.78 is 0. The molecule has 3 heteroatoms. The summed E-state index contributed by atoms with van der Waals surface area (Å²) >= 11 is 0. The van der Waals surface area contributed by atoms with Crippen LogP contribution in [-0.2, 0) is 0 Å². The maximum absolute atomic E-state index is 3.48. The second-order valence-electron chi connectivity index (χ2n) is 5.92. The molecule has 3 nitrogen and oxygen atoms in total. The molecule has 0 aliphatic carbocycles. The Balaban J connectivity index is 1.97. The monoisotopic (exact) mass is 275 g/mol. The molecule has 2 rings (SSSR count). The maximum atomic E-state index is 3.48. The van der Waals surface area contributed by atoms with Gasteiger partial charge in [0.2, 0.25) is 0 Å². The van der Waals surface area contributed by atoms with E-state index in [1.807, 2.05) is 0 Å². The first-order chi connectivity index (χ1) is 9.63. The van der Waals surface area contributed by atoms with Gasteiger partial charge < -0.3 is 10.2 Å². The van der Waals surface area contributed by atoms with Crippen molar-refractivity contribution < 1.29 is 0 Å². The van der Waals surface area contributed by atoms with Crippen molar-refractivity contribution in [2.45, 2.75) is 26.8 Å². The first-order valence-electron chi connectivity index (χ1n) is 7.83. The van der Waals surface area contributed by atoms with Crippen molar-refractivity contribution in [2.75, 3.05) is 46.3 Å². The smallest absolute Gasteiger partial charge is 0.0446 e. The lowest BCUT2D eigenvalue weighted by atomic mass is 10.0. The minimum atomic E-state index is 0.433. The Bertz CT molecular complexity index is 422. The average Bonchev–Trinajstić information content (AvgIpc) is 2.48. The predicted molar refractivity (Wildman–Crippen MR) is 86.3 cm³/mol. The van der Waals surface area contributed by atoms with E-state index in [-0.39, 0.29) is 0 Å². The molecule has 1 saturated heterocycles. The Hall–Kier alpha value is -0.900. The molecule has 1 aliphatic rings. The van der Waals surface area contributed by atoms with Crippen molar-refractivity contribution in [2.24, 2.45) is 0 Å². The molecule has 1 atom stereocenters. The molecule has 0 bridgehead atoms. The molecule has 1 aliphatic heterocycles. The summed E-state index contributed by atoms with van der Waals surface area (Å²) in [6.45, 7) is 13.7. The normalized spacial score (nSPS) is 19.2. The molecule has 0 spiro atoms. The van der Waals surface area contributed by atoms with Crippen LogP contribution in [-0.4, -0.2) is 56.1 Å². The van der Waals surface area contributed by atoms with Gasteiger partial charge in [0.1, 0.15) is 0 Å². The summed E-state index contributed by atoms with van der Waals surface area (Å²) in [6, 6.07) is 7.27. The van der Waals surface area contributed by atoms with Crippen LogP contribution in [0.4, 0.5) is 0 Å². The number of benzene rings is 1. The molecule has 0 aromatic heterocycles. The molecule has 1 aromatic rings. The number of aryl methyl sites for hydroxylation is 2. The fourth-order valence-corrected chi connectivity index (χ4v) is 2.89. The highest BCUT2D eigenvalue weighted by atomic mass is 15.3. The van der Waals surface area contributed by atoms with E-state index in [0.29, 0.717) is 6.04 Å². The van der Waals surface area contributed by atoms with E-state index >= 15 is 0 Å². The molecular formula is C17H29N3. The molecular weight excluding hydrogens is 246 g/mol. The van der Waals surface area contributed by atoms with Crippen LogP contribution < -0.4 is 5.32 Å². The number of nitrogens with one attached hydrogen (secondary N) is 1. The third kappa shape index (κ3) is 3.81. The van der Waals surface area contributed by atoms with E-state index in [1.165, 1.54) is 49.4 Å². The average molecular weight is 275 g/mol. The van der Waals surface area contributed by atoms with Gasteiger partial charge in [-0.25, -0.2) is 0 Å². The van der Waals surface area contributed by atoms with E-state index < -0.39 is 0 Å². The second kappa shape index (κ2) is 7.21. The van der Waals surface area contributed by atoms with Gasteiger partial charge in [-0.1, -0.05) is 25.1 Å². The number of hydrogen-bond donors (Lipinski definition) is 1. The maximum Gasteiger partial charge on any atom is 0.0446 e. The molecule has 112 valence electrons. The number of hydrogen-bond acceptors (Lipinski definition) is 3. The highest BCUT2D eigenvalue weighted by Crippen LogP contribution is 2.18. The summed E-state index contributed by atoms with van der Waals surface area (Å²) in [6.07, 6.45) is 0. The Labute approximate surface area is 124 Å². The minimum Gasteiger partial charge on any atom is -0.312 e. The van der Waals surface area contributed by atoms with Gasteiger partial charge in [0, 0.05) is 38.8 Å². The Kier molecular flexibility index (Phi) is 5.58. The highest BCUT2D eigenvalue weighted by molar-refractivity contribution is 5.31. The van der Waals surface area contributed by atoms with Gasteiger partial charge in [0.25, 0.3) is 0 Å². The quantitative estimate of drug-likeness (QED) is 0.889. The number of rotatable bonds is 5. The van der Waals surface area contributed by atoms with Gasteiger partial charge in [-0.3, -0.25) is 4.90 Å². The van der Waals surface area contributed by atoms with Crippen molar-refractivity contribution in [1.29, 1.82) is 0 Å². The summed E-state index contributed by atoms with van der Waals surface area (Å²) in [4.78, 5) is 5.11. The van der Waals surface area contributed by atoms with Crippen LogP contribution >= 0.6 is 0 Å². The van der Waals surface area contributed by atoms with Gasteiger partial charge in [-0.15, -0.1) is 0 Å². The predicted octanol–water partition coefficient (Wildman–Crippen LogP) is 2.20. The van der Waals surface area contributed by atoms with Gasteiger partial charge in [-0.05, 0) is 44.1 Å². The van der Waals surface area contributed by atoms with Crippen LogP contribution in [0.5, 0.6) is 0 Å². The van der Waals surface area contributed by atoms with Crippen molar-refractivity contribution in [1.82, 2.24) is 15.1 Å². The van der Waals surface area contributed by atoms with E-state index in [2.05, 4.69) is 61.1 Å². The fraction of sp³-hybridized carbons (Fsp3) is 0.647. The number of nitrogens with zero attached hydrogens (tertiary/aromatic N) is 2. The van der Waals surface area contributed by atoms with Crippen LogP contribution in [0.15, 0.2) is 18.2 Å². The SMILES string of the molecule is CCN1CCN(CC(NC)c2ccc(C)c(C)c2)CC1. The standard InChI is InChI=1S/C17H29N3/c1-5-19-8-10-20(11-9-19)13-17(18-4)16-7-6-14(2)15(3)12-16/h6-7,12,17-18H,5,8-11,13H2,1-4H3. The zero-order valence-electron chi connectivity index (χ0n) is 13.4. The molecule has 1 unspecified atom stereocenters. The highest BCUT2D eigenvalue weighted by Gasteiger charge is 2.19. The van der Waals surface area contributed by atoms with E-state index in [1.54, 1.807) is 0 Å². The summed E-state index contributed by atoms with van der Waals surface area (Å²) in [7, 11) is 2.07. The molecule has 1 aromatic carbocycles. The first-order valence-corrected chi connectivity index (χ1v) is 7.83. The van der Waals surface area contributed by atoms with Crippen LogP contribution in [0.25, 0.3) is 0 Å². The van der Waals surface area contributed by atoms with Gasteiger partial charge in [-0.2, -0.15) is 0 Å². The van der Waals surface area contributed by atoms with E-state index in [9.17, 15) is 0 Å². The molecule has 1 N–H and O–H groups in total.